The third-order valence-electron chi connectivity index (χ3n) is 2.47. The van der Waals surface area contributed by atoms with Crippen LogP contribution in [-0.4, -0.2) is 16.6 Å². The van der Waals surface area contributed by atoms with E-state index in [1.165, 1.54) is 0 Å². The minimum atomic E-state index is -0.509. The van der Waals surface area contributed by atoms with Crippen molar-refractivity contribution in [3.8, 4) is 0 Å². The lowest BCUT2D eigenvalue weighted by molar-refractivity contribution is 0.172. The highest BCUT2D eigenvalue weighted by Crippen LogP contribution is 2.27. The maximum Gasteiger partial charge on any atom is 0.0822 e. The Kier molecular flexibility index (Phi) is 2.95. The normalized spacial score (nSPS) is 13.3. The average molecular weight is 225 g/mol. The molecule has 0 saturated heterocycles. The Bertz CT molecular complexity index is 467. The zero-order valence-electron chi connectivity index (χ0n) is 8.20. The van der Waals surface area contributed by atoms with Crippen molar-refractivity contribution in [1.29, 1.82) is 0 Å². The summed E-state index contributed by atoms with van der Waals surface area (Å²) in [6.45, 7) is 0.474. The van der Waals surface area contributed by atoms with Crippen molar-refractivity contribution in [2.45, 2.75) is 12.5 Å². The first-order valence-electron chi connectivity index (χ1n) is 4.87. The Morgan fingerprint density at radius 3 is 3.00 bits per heavy atom. The topological polar surface area (TPSA) is 62.0 Å². The molecular formula is C11H13ClN2O. The Hall–Kier alpha value is -1.03. The van der Waals surface area contributed by atoms with Crippen LogP contribution < -0.4 is 5.73 Å². The monoisotopic (exact) mass is 224 g/mol. The number of hydrogen-bond acceptors (Lipinski definition) is 2. The summed E-state index contributed by atoms with van der Waals surface area (Å²) in [5.41, 5.74) is 7.23. The SMILES string of the molecule is NCC[C@@H](O)c1c[nH]c2cc(Cl)ccc12. The van der Waals surface area contributed by atoms with Gasteiger partial charge in [-0.15, -0.1) is 0 Å². The Morgan fingerprint density at radius 1 is 1.47 bits per heavy atom. The number of aliphatic hydroxyl groups excluding tert-OH is 1. The molecule has 80 valence electrons. The van der Waals surface area contributed by atoms with E-state index < -0.39 is 6.10 Å². The second kappa shape index (κ2) is 4.23. The molecular weight excluding hydrogens is 212 g/mol. The summed E-state index contributed by atoms with van der Waals surface area (Å²) in [5, 5.41) is 11.5. The number of rotatable bonds is 3. The second-order valence-corrected chi connectivity index (χ2v) is 3.96. The summed E-state index contributed by atoms with van der Waals surface area (Å²) in [6, 6.07) is 5.56. The maximum absolute atomic E-state index is 9.84. The zero-order chi connectivity index (χ0) is 10.8. The molecule has 1 aromatic heterocycles. The van der Waals surface area contributed by atoms with E-state index in [-0.39, 0.29) is 0 Å². The van der Waals surface area contributed by atoms with Gasteiger partial charge in [0.25, 0.3) is 0 Å². The summed E-state index contributed by atoms with van der Waals surface area (Å²) in [7, 11) is 0. The summed E-state index contributed by atoms with van der Waals surface area (Å²) in [4.78, 5) is 3.08. The molecule has 2 aromatic rings. The fourth-order valence-corrected chi connectivity index (χ4v) is 1.88. The number of aromatic amines is 1. The van der Waals surface area contributed by atoms with Gasteiger partial charge < -0.3 is 15.8 Å². The molecule has 4 N–H and O–H groups in total. The molecule has 0 aliphatic carbocycles. The molecule has 0 unspecified atom stereocenters. The van der Waals surface area contributed by atoms with Gasteiger partial charge in [-0.05, 0) is 25.1 Å². The molecule has 0 amide bonds. The van der Waals surface area contributed by atoms with Gasteiger partial charge in [0, 0.05) is 27.7 Å². The van der Waals surface area contributed by atoms with Crippen LogP contribution in [0.5, 0.6) is 0 Å². The second-order valence-electron chi connectivity index (χ2n) is 3.53. The van der Waals surface area contributed by atoms with Crippen LogP contribution in [0.3, 0.4) is 0 Å². The number of hydrogen-bond donors (Lipinski definition) is 3. The number of nitrogens with one attached hydrogen (secondary N) is 1. The summed E-state index contributed by atoms with van der Waals surface area (Å²) in [5.74, 6) is 0. The van der Waals surface area contributed by atoms with E-state index in [2.05, 4.69) is 4.98 Å². The van der Waals surface area contributed by atoms with Crippen molar-refractivity contribution in [2.24, 2.45) is 5.73 Å². The molecule has 0 aliphatic rings. The van der Waals surface area contributed by atoms with Gasteiger partial charge in [-0.1, -0.05) is 17.7 Å². The molecule has 1 heterocycles. The minimum Gasteiger partial charge on any atom is -0.388 e. The third-order valence-corrected chi connectivity index (χ3v) is 2.71. The van der Waals surface area contributed by atoms with Crippen LogP contribution in [0.15, 0.2) is 24.4 Å². The van der Waals surface area contributed by atoms with Crippen molar-refractivity contribution in [3.63, 3.8) is 0 Å². The molecule has 4 heteroatoms. The molecule has 2 rings (SSSR count). The number of aromatic nitrogens is 1. The van der Waals surface area contributed by atoms with Gasteiger partial charge in [-0.2, -0.15) is 0 Å². The van der Waals surface area contributed by atoms with E-state index in [1.54, 1.807) is 6.20 Å². The van der Waals surface area contributed by atoms with E-state index in [9.17, 15) is 5.11 Å². The Balaban J connectivity index is 2.44. The molecule has 0 spiro atoms. The number of benzene rings is 1. The highest BCUT2D eigenvalue weighted by atomic mass is 35.5. The van der Waals surface area contributed by atoms with Crippen LogP contribution in [0.4, 0.5) is 0 Å². The molecule has 0 radical (unpaired) electrons. The zero-order valence-corrected chi connectivity index (χ0v) is 8.96. The fourth-order valence-electron chi connectivity index (χ4n) is 1.71. The van der Waals surface area contributed by atoms with Crippen LogP contribution in [-0.2, 0) is 0 Å². The van der Waals surface area contributed by atoms with Crippen LogP contribution in [0, 0.1) is 0 Å². The van der Waals surface area contributed by atoms with Crippen molar-refractivity contribution in [3.05, 3.63) is 35.0 Å². The maximum atomic E-state index is 9.84. The lowest BCUT2D eigenvalue weighted by Gasteiger charge is -2.07. The Labute approximate surface area is 92.9 Å². The fraction of sp³-hybridized carbons (Fsp3) is 0.273. The molecule has 3 nitrogen and oxygen atoms in total. The first kappa shape index (κ1) is 10.5. The van der Waals surface area contributed by atoms with Crippen molar-refractivity contribution < 1.29 is 5.11 Å². The highest BCUT2D eigenvalue weighted by Gasteiger charge is 2.11. The van der Waals surface area contributed by atoms with Gasteiger partial charge in [-0.3, -0.25) is 0 Å². The van der Waals surface area contributed by atoms with Gasteiger partial charge in [0.2, 0.25) is 0 Å². The minimum absolute atomic E-state index is 0.474. The number of H-pyrrole nitrogens is 1. The molecule has 0 fully saturated rings. The quantitative estimate of drug-likeness (QED) is 0.749. The number of nitrogens with two attached hydrogens (primary N) is 1. The smallest absolute Gasteiger partial charge is 0.0822 e. The molecule has 15 heavy (non-hydrogen) atoms. The van der Waals surface area contributed by atoms with E-state index >= 15 is 0 Å². The van der Waals surface area contributed by atoms with Gasteiger partial charge in [-0.25, -0.2) is 0 Å². The Morgan fingerprint density at radius 2 is 2.27 bits per heavy atom. The van der Waals surface area contributed by atoms with Gasteiger partial charge >= 0.3 is 0 Å². The lowest BCUT2D eigenvalue weighted by atomic mass is 10.1. The van der Waals surface area contributed by atoms with Gasteiger partial charge in [0.1, 0.15) is 0 Å². The predicted molar refractivity (Wildman–Crippen MR) is 61.9 cm³/mol. The first-order chi connectivity index (χ1) is 7.22. The first-order valence-corrected chi connectivity index (χ1v) is 5.25. The standard InChI is InChI=1S/C11H13ClN2O/c12-7-1-2-8-9(11(15)3-4-13)6-14-10(8)5-7/h1-2,5-6,11,14-15H,3-4,13H2/t11-/m1/s1. The van der Waals surface area contributed by atoms with E-state index in [0.29, 0.717) is 18.0 Å². The van der Waals surface area contributed by atoms with E-state index in [1.807, 2.05) is 18.2 Å². The van der Waals surface area contributed by atoms with Crippen LogP contribution >= 0.6 is 11.6 Å². The van der Waals surface area contributed by atoms with Crippen molar-refractivity contribution in [1.82, 2.24) is 4.98 Å². The average Bonchev–Trinajstić information content (AvgIpc) is 2.60. The van der Waals surface area contributed by atoms with Gasteiger partial charge in [0.05, 0.1) is 6.10 Å². The summed E-state index contributed by atoms with van der Waals surface area (Å²) < 4.78 is 0. The summed E-state index contributed by atoms with van der Waals surface area (Å²) in [6.07, 6.45) is 1.86. The number of halogens is 1. The largest absolute Gasteiger partial charge is 0.388 e. The van der Waals surface area contributed by atoms with Crippen molar-refractivity contribution >= 4 is 22.5 Å². The number of aliphatic hydroxyl groups is 1. The number of fused-ring (bicyclic) bond motifs is 1. The van der Waals surface area contributed by atoms with Gasteiger partial charge in [0.15, 0.2) is 0 Å². The highest BCUT2D eigenvalue weighted by molar-refractivity contribution is 6.31. The summed E-state index contributed by atoms with van der Waals surface area (Å²) >= 11 is 5.87. The third kappa shape index (κ3) is 2.00. The lowest BCUT2D eigenvalue weighted by Crippen LogP contribution is -2.06. The van der Waals surface area contributed by atoms with Crippen LogP contribution in [0.2, 0.25) is 5.02 Å². The molecule has 1 atom stereocenters. The van der Waals surface area contributed by atoms with Crippen molar-refractivity contribution in [2.75, 3.05) is 6.54 Å². The van der Waals surface area contributed by atoms with Crippen LogP contribution in [0.1, 0.15) is 18.1 Å². The molecule has 1 aromatic carbocycles. The molecule has 0 bridgehead atoms. The van der Waals surface area contributed by atoms with E-state index in [0.717, 1.165) is 16.5 Å². The molecule has 0 saturated carbocycles. The van der Waals surface area contributed by atoms with Crippen LogP contribution in [0.25, 0.3) is 10.9 Å². The van der Waals surface area contributed by atoms with E-state index in [4.69, 9.17) is 17.3 Å². The predicted octanol–water partition coefficient (Wildman–Crippen LogP) is 2.20. The molecule has 0 aliphatic heterocycles.